The first kappa shape index (κ1) is 22.1. The summed E-state index contributed by atoms with van der Waals surface area (Å²) < 4.78 is 34.2. The Labute approximate surface area is 201 Å². The van der Waals surface area contributed by atoms with Crippen molar-refractivity contribution in [1.82, 2.24) is 15.0 Å². The van der Waals surface area contributed by atoms with E-state index in [9.17, 15) is 13.6 Å². The number of benzene rings is 1. The van der Waals surface area contributed by atoms with Gasteiger partial charge in [0.2, 0.25) is 0 Å². The van der Waals surface area contributed by atoms with Gasteiger partial charge in [0.25, 0.3) is 11.8 Å². The lowest BCUT2D eigenvalue weighted by Gasteiger charge is -2.43. The monoisotopic (exact) mass is 480 g/mol. The van der Waals surface area contributed by atoms with Gasteiger partial charge >= 0.3 is 0 Å². The number of aryl methyl sites for hydroxylation is 1. The van der Waals surface area contributed by atoms with Gasteiger partial charge in [-0.1, -0.05) is 18.2 Å². The van der Waals surface area contributed by atoms with Crippen LogP contribution in [-0.4, -0.2) is 53.7 Å². The van der Waals surface area contributed by atoms with E-state index in [1.807, 2.05) is 24.0 Å². The molecule has 3 aliphatic rings. The Morgan fingerprint density at radius 1 is 1.26 bits per heavy atom. The van der Waals surface area contributed by atoms with Crippen LogP contribution in [0.4, 0.5) is 26.1 Å². The normalized spacial score (nSPS) is 21.5. The molecule has 0 bridgehead atoms. The average molecular weight is 481 g/mol. The first-order chi connectivity index (χ1) is 16.7. The highest BCUT2D eigenvalue weighted by Crippen LogP contribution is 2.44. The summed E-state index contributed by atoms with van der Waals surface area (Å²) in [6, 6.07) is 6.43. The number of alkyl halides is 2. The molecule has 2 aliphatic heterocycles. The van der Waals surface area contributed by atoms with Crippen molar-refractivity contribution in [3.8, 4) is 0 Å². The summed E-state index contributed by atoms with van der Waals surface area (Å²) in [5, 5.41) is 4.15. The minimum Gasteiger partial charge on any atom is -0.377 e. The molecule has 6 rings (SSSR count). The highest BCUT2D eigenvalue weighted by molar-refractivity contribution is 6.06. The Hall–Kier alpha value is -3.40. The van der Waals surface area contributed by atoms with Gasteiger partial charge in [-0.2, -0.15) is 0 Å². The highest BCUT2D eigenvalue weighted by Gasteiger charge is 2.41. The van der Waals surface area contributed by atoms with Gasteiger partial charge < -0.3 is 15.0 Å². The summed E-state index contributed by atoms with van der Waals surface area (Å²) >= 11 is 0. The van der Waals surface area contributed by atoms with Crippen molar-refractivity contribution in [2.24, 2.45) is 0 Å². The number of pyridine rings is 1. The zero-order chi connectivity index (χ0) is 24.5. The summed E-state index contributed by atoms with van der Waals surface area (Å²) in [5.41, 5.74) is 2.97. The number of anilines is 3. The molecule has 1 amide bonds. The van der Waals surface area contributed by atoms with E-state index in [4.69, 9.17) is 9.72 Å². The van der Waals surface area contributed by atoms with Crippen LogP contribution in [0.5, 0.6) is 0 Å². The van der Waals surface area contributed by atoms with Gasteiger partial charge in [0.05, 0.1) is 30.3 Å². The molecule has 10 heteroatoms. The summed E-state index contributed by atoms with van der Waals surface area (Å²) in [6.07, 6.45) is 0.187. The van der Waals surface area contributed by atoms with E-state index < -0.39 is 12.0 Å². The lowest BCUT2D eigenvalue weighted by Crippen LogP contribution is -2.58. The Balaban J connectivity index is 1.43. The SMILES string of the molecule is Cc1nc(N[C@H](C)c2cccc3c2CCC3(F)F)c2cc3c(nc2n1)N(C)C(=O)C1COCCN31. The molecule has 1 saturated heterocycles. The molecule has 0 spiro atoms. The van der Waals surface area contributed by atoms with Crippen LogP contribution in [0.2, 0.25) is 0 Å². The van der Waals surface area contributed by atoms with Crippen LogP contribution in [0, 0.1) is 6.92 Å². The predicted octanol–water partition coefficient (Wildman–Crippen LogP) is 3.73. The molecular weight excluding hydrogens is 454 g/mol. The fourth-order valence-corrected chi connectivity index (χ4v) is 5.47. The van der Waals surface area contributed by atoms with Crippen LogP contribution in [0.25, 0.3) is 11.0 Å². The topological polar surface area (TPSA) is 83.5 Å². The molecule has 2 aromatic heterocycles. The van der Waals surface area contributed by atoms with Gasteiger partial charge in [0, 0.05) is 25.6 Å². The molecule has 1 aromatic carbocycles. The number of fused-ring (bicyclic) bond motifs is 5. The Kier molecular flexibility index (Phi) is 4.93. The van der Waals surface area contributed by atoms with Gasteiger partial charge in [-0.25, -0.2) is 23.7 Å². The van der Waals surface area contributed by atoms with Gasteiger partial charge in [-0.3, -0.25) is 9.69 Å². The van der Waals surface area contributed by atoms with E-state index in [1.165, 1.54) is 6.07 Å². The van der Waals surface area contributed by atoms with Crippen LogP contribution in [0.15, 0.2) is 24.3 Å². The van der Waals surface area contributed by atoms with Crippen LogP contribution >= 0.6 is 0 Å². The molecular formula is C25H26F2N6O2. The highest BCUT2D eigenvalue weighted by atomic mass is 19.3. The molecule has 0 saturated carbocycles. The third kappa shape index (κ3) is 3.42. The third-order valence-corrected chi connectivity index (χ3v) is 7.25. The third-order valence-electron chi connectivity index (χ3n) is 7.25. The number of halogens is 2. The van der Waals surface area contributed by atoms with E-state index >= 15 is 0 Å². The number of rotatable bonds is 3. The molecule has 0 radical (unpaired) electrons. The van der Waals surface area contributed by atoms with Crippen molar-refractivity contribution in [1.29, 1.82) is 0 Å². The Morgan fingerprint density at radius 3 is 2.91 bits per heavy atom. The number of nitrogens with one attached hydrogen (secondary N) is 1. The van der Waals surface area contributed by atoms with Gasteiger partial charge in [-0.05, 0) is 37.5 Å². The summed E-state index contributed by atoms with van der Waals surface area (Å²) in [4.78, 5) is 30.4. The number of carbonyl (C=O) groups excluding carboxylic acids is 1. The summed E-state index contributed by atoms with van der Waals surface area (Å²) in [6.45, 7) is 5.18. The number of hydrogen-bond donors (Lipinski definition) is 1. The first-order valence-electron chi connectivity index (χ1n) is 11.8. The second-order valence-electron chi connectivity index (χ2n) is 9.45. The fraction of sp³-hybridized carbons (Fsp3) is 0.440. The number of ether oxygens (including phenoxy) is 1. The minimum absolute atomic E-state index is 0.0588. The second kappa shape index (κ2) is 7.81. The van der Waals surface area contributed by atoms with Crippen LogP contribution in [0.1, 0.15) is 41.9 Å². The lowest BCUT2D eigenvalue weighted by atomic mass is 9.97. The first-order valence-corrected chi connectivity index (χ1v) is 11.8. The largest absolute Gasteiger partial charge is 0.377 e. The van der Waals surface area contributed by atoms with Gasteiger partial charge in [0.15, 0.2) is 11.5 Å². The fourth-order valence-electron chi connectivity index (χ4n) is 5.47. The number of hydrogen-bond acceptors (Lipinski definition) is 7. The van der Waals surface area contributed by atoms with E-state index in [2.05, 4.69) is 15.3 Å². The molecule has 1 N–H and O–H groups in total. The number of morpholine rings is 1. The molecule has 1 aliphatic carbocycles. The van der Waals surface area contributed by atoms with Crippen LogP contribution in [-0.2, 0) is 21.9 Å². The maximum atomic E-state index is 14.3. The molecule has 4 heterocycles. The van der Waals surface area contributed by atoms with Gasteiger partial charge in [-0.15, -0.1) is 0 Å². The molecule has 3 aromatic rings. The molecule has 1 unspecified atom stereocenters. The Morgan fingerprint density at radius 2 is 2.09 bits per heavy atom. The number of likely N-dealkylation sites (N-methyl/N-ethyl adjacent to an activating group) is 1. The van der Waals surface area contributed by atoms with E-state index in [0.29, 0.717) is 60.2 Å². The average Bonchev–Trinajstić information content (AvgIpc) is 3.16. The van der Waals surface area contributed by atoms with Gasteiger partial charge in [0.1, 0.15) is 17.7 Å². The number of carbonyl (C=O) groups is 1. The number of nitrogens with zero attached hydrogens (tertiary/aromatic N) is 5. The molecule has 182 valence electrons. The molecule has 1 fully saturated rings. The molecule has 8 nitrogen and oxygen atoms in total. The minimum atomic E-state index is -2.79. The van der Waals surface area contributed by atoms with E-state index in [1.54, 1.807) is 24.9 Å². The van der Waals surface area contributed by atoms with E-state index in [-0.39, 0.29) is 23.9 Å². The maximum absolute atomic E-state index is 14.3. The zero-order valence-electron chi connectivity index (χ0n) is 19.8. The predicted molar refractivity (Wildman–Crippen MR) is 128 cm³/mol. The van der Waals surface area contributed by atoms with Crippen molar-refractivity contribution < 1.29 is 18.3 Å². The standard InChI is InChI=1S/C25H26F2N6O2/c1-13(15-5-4-6-18-16(15)7-8-25(18,26)27)28-21-17-11-19-23(31-22(17)30-14(2)29-21)32(3)24(34)20-12-35-10-9-33(19)20/h4-6,11,13,20H,7-10,12H2,1-3H3,(H,28,29,30,31)/t13-,20?/m1/s1. The van der Waals surface area contributed by atoms with Crippen molar-refractivity contribution >= 4 is 34.3 Å². The van der Waals surface area contributed by atoms with Crippen molar-refractivity contribution in [2.45, 2.75) is 44.7 Å². The second-order valence-corrected chi connectivity index (χ2v) is 9.45. The lowest BCUT2D eigenvalue weighted by molar-refractivity contribution is -0.122. The zero-order valence-corrected chi connectivity index (χ0v) is 19.8. The quantitative estimate of drug-likeness (QED) is 0.612. The molecule has 35 heavy (non-hydrogen) atoms. The van der Waals surface area contributed by atoms with Crippen LogP contribution in [0.3, 0.4) is 0 Å². The number of amides is 1. The maximum Gasteiger partial charge on any atom is 0.273 e. The van der Waals surface area contributed by atoms with Crippen molar-refractivity contribution in [2.75, 3.05) is 41.9 Å². The van der Waals surface area contributed by atoms with Crippen molar-refractivity contribution in [3.05, 3.63) is 46.8 Å². The van der Waals surface area contributed by atoms with Crippen molar-refractivity contribution in [3.63, 3.8) is 0 Å². The molecule has 2 atom stereocenters. The van der Waals surface area contributed by atoms with E-state index in [0.717, 1.165) is 11.3 Å². The summed E-state index contributed by atoms with van der Waals surface area (Å²) in [5.74, 6) is -1.18. The summed E-state index contributed by atoms with van der Waals surface area (Å²) in [7, 11) is 1.72. The van der Waals surface area contributed by atoms with Crippen LogP contribution < -0.4 is 15.1 Å². The smallest absolute Gasteiger partial charge is 0.273 e. The number of aromatic nitrogens is 3. The Bertz CT molecular complexity index is 1360.